The summed E-state index contributed by atoms with van der Waals surface area (Å²) in [5, 5.41) is 17.8. The van der Waals surface area contributed by atoms with Crippen LogP contribution in [0.5, 0.6) is 0 Å². The van der Waals surface area contributed by atoms with Crippen LogP contribution in [0, 0.1) is 10.1 Å². The summed E-state index contributed by atoms with van der Waals surface area (Å²) in [6.07, 6.45) is 1.97. The maximum atomic E-state index is 12.7. The van der Waals surface area contributed by atoms with Gasteiger partial charge in [-0.2, -0.15) is 4.31 Å². The van der Waals surface area contributed by atoms with Gasteiger partial charge in [-0.15, -0.1) is 0 Å². The lowest BCUT2D eigenvalue weighted by Crippen LogP contribution is -2.30. The Labute approximate surface area is 192 Å². The fourth-order valence-electron chi connectivity index (χ4n) is 3.37. The molecule has 174 valence electrons. The van der Waals surface area contributed by atoms with Crippen LogP contribution in [0.25, 0.3) is 0 Å². The van der Waals surface area contributed by atoms with Crippen LogP contribution in [0.3, 0.4) is 0 Å². The molecule has 1 heterocycles. The summed E-state index contributed by atoms with van der Waals surface area (Å²) in [4.78, 5) is 19.6. The predicted molar refractivity (Wildman–Crippen MR) is 128 cm³/mol. The summed E-state index contributed by atoms with van der Waals surface area (Å²) in [5.74, 6) is 0.0463. The zero-order valence-electron chi connectivity index (χ0n) is 18.6. The zero-order valence-corrected chi connectivity index (χ0v) is 19.5. The van der Waals surface area contributed by atoms with Crippen LogP contribution < -0.4 is 10.6 Å². The Morgan fingerprint density at radius 3 is 2.12 bits per heavy atom. The van der Waals surface area contributed by atoms with Crippen molar-refractivity contribution in [2.24, 2.45) is 0 Å². The first-order chi connectivity index (χ1) is 15.8. The third kappa shape index (κ3) is 5.26. The van der Waals surface area contributed by atoms with Crippen molar-refractivity contribution in [2.45, 2.75) is 32.1 Å². The minimum Gasteiger partial charge on any atom is -0.334 e. The smallest absolute Gasteiger partial charge is 0.334 e. The molecular weight excluding hydrogens is 444 g/mol. The molecule has 0 aliphatic heterocycles. The fraction of sp³-hybridized carbons (Fsp3) is 0.273. The molecule has 0 saturated carbocycles. The van der Waals surface area contributed by atoms with Crippen molar-refractivity contribution in [3.05, 3.63) is 70.5 Å². The third-order valence-electron chi connectivity index (χ3n) is 5.12. The molecule has 0 amide bonds. The number of hydrogen-bond acceptors (Lipinski definition) is 8. The molecule has 0 aliphatic rings. The number of aromatic nitrogens is 2. The van der Waals surface area contributed by atoms with Gasteiger partial charge in [0.05, 0.1) is 9.82 Å². The van der Waals surface area contributed by atoms with Gasteiger partial charge in [-0.3, -0.25) is 10.1 Å². The summed E-state index contributed by atoms with van der Waals surface area (Å²) in [5.41, 5.74) is 1.85. The quantitative estimate of drug-likeness (QED) is 0.328. The van der Waals surface area contributed by atoms with Gasteiger partial charge in [0.15, 0.2) is 0 Å². The number of sulfonamides is 1. The number of hydrogen-bond donors (Lipinski definition) is 2. The number of nitrogens with one attached hydrogen (secondary N) is 2. The topological polar surface area (TPSA) is 130 Å². The van der Waals surface area contributed by atoms with Crippen molar-refractivity contribution >= 4 is 38.7 Å². The Morgan fingerprint density at radius 2 is 1.55 bits per heavy atom. The van der Waals surface area contributed by atoms with Gasteiger partial charge in [-0.1, -0.05) is 39.0 Å². The van der Waals surface area contributed by atoms with Crippen molar-refractivity contribution in [3.8, 4) is 0 Å². The molecule has 0 saturated heterocycles. The number of nitrogens with zero attached hydrogens (tertiary/aromatic N) is 4. The van der Waals surface area contributed by atoms with Crippen LogP contribution >= 0.6 is 0 Å². The standard InChI is InChI=1S/C22H26N6O4S/c1-4-16-9-7-8-10-19(16)26-22-20(28(29)30)21(23-15-24-22)25-17-11-13-18(14-12-17)33(31,32)27(5-2)6-3/h7-15H,4-6H2,1-3H3,(H2,23,24,25,26). The lowest BCUT2D eigenvalue weighted by atomic mass is 10.1. The maximum absolute atomic E-state index is 12.7. The highest BCUT2D eigenvalue weighted by atomic mass is 32.2. The zero-order chi connectivity index (χ0) is 24.0. The molecule has 0 fully saturated rings. The van der Waals surface area contributed by atoms with E-state index in [1.54, 1.807) is 26.0 Å². The van der Waals surface area contributed by atoms with Crippen molar-refractivity contribution in [1.82, 2.24) is 14.3 Å². The van der Waals surface area contributed by atoms with Crippen molar-refractivity contribution in [1.29, 1.82) is 0 Å². The first kappa shape index (κ1) is 24.1. The van der Waals surface area contributed by atoms with E-state index < -0.39 is 14.9 Å². The largest absolute Gasteiger partial charge is 0.353 e. The maximum Gasteiger partial charge on any atom is 0.353 e. The molecule has 3 rings (SSSR count). The monoisotopic (exact) mass is 470 g/mol. The normalized spacial score (nSPS) is 11.4. The van der Waals surface area contributed by atoms with Gasteiger partial charge in [0.25, 0.3) is 0 Å². The van der Waals surface area contributed by atoms with E-state index >= 15 is 0 Å². The summed E-state index contributed by atoms with van der Waals surface area (Å²) in [6, 6.07) is 13.5. The van der Waals surface area contributed by atoms with E-state index in [1.807, 2.05) is 31.2 Å². The molecule has 0 spiro atoms. The van der Waals surface area contributed by atoms with Gasteiger partial charge in [-0.05, 0) is 42.3 Å². The van der Waals surface area contributed by atoms with E-state index in [2.05, 4.69) is 20.6 Å². The molecule has 2 N–H and O–H groups in total. The lowest BCUT2D eigenvalue weighted by molar-refractivity contribution is -0.383. The SMILES string of the molecule is CCc1ccccc1Nc1ncnc(Nc2ccc(S(=O)(=O)N(CC)CC)cc2)c1[N+](=O)[O-]. The number of rotatable bonds is 10. The minimum absolute atomic E-state index is 0.00849. The molecule has 0 atom stereocenters. The van der Waals surface area contributed by atoms with Gasteiger partial charge >= 0.3 is 5.69 Å². The molecule has 1 aromatic heterocycles. The highest BCUT2D eigenvalue weighted by Gasteiger charge is 2.25. The Bertz CT molecular complexity index is 1230. The van der Waals surface area contributed by atoms with E-state index in [0.717, 1.165) is 17.7 Å². The van der Waals surface area contributed by atoms with Crippen molar-refractivity contribution in [3.63, 3.8) is 0 Å². The molecule has 0 aliphatic carbocycles. The minimum atomic E-state index is -3.60. The van der Waals surface area contributed by atoms with Gasteiger partial charge in [-0.25, -0.2) is 18.4 Å². The van der Waals surface area contributed by atoms with Crippen molar-refractivity contribution < 1.29 is 13.3 Å². The first-order valence-corrected chi connectivity index (χ1v) is 12.0. The van der Waals surface area contributed by atoms with E-state index in [9.17, 15) is 18.5 Å². The van der Waals surface area contributed by atoms with Crippen molar-refractivity contribution in [2.75, 3.05) is 23.7 Å². The summed E-state index contributed by atoms with van der Waals surface area (Å²) in [7, 11) is -3.60. The molecule has 0 unspecified atom stereocenters. The Kier molecular flexibility index (Phi) is 7.56. The van der Waals surface area contributed by atoms with Crippen LogP contribution in [-0.4, -0.2) is 40.7 Å². The molecule has 3 aromatic rings. The van der Waals surface area contributed by atoms with E-state index in [0.29, 0.717) is 18.8 Å². The summed E-state index contributed by atoms with van der Waals surface area (Å²) in [6.45, 7) is 6.27. The Morgan fingerprint density at radius 1 is 0.939 bits per heavy atom. The highest BCUT2D eigenvalue weighted by molar-refractivity contribution is 7.89. The van der Waals surface area contributed by atoms with E-state index in [1.165, 1.54) is 22.8 Å². The average Bonchev–Trinajstić information content (AvgIpc) is 2.80. The van der Waals surface area contributed by atoms with Gasteiger partial charge in [0.1, 0.15) is 6.33 Å². The van der Waals surface area contributed by atoms with Crippen LogP contribution in [0.1, 0.15) is 26.3 Å². The molecule has 0 radical (unpaired) electrons. The number of anilines is 4. The number of nitro groups is 1. The number of benzene rings is 2. The lowest BCUT2D eigenvalue weighted by Gasteiger charge is -2.18. The second-order valence-electron chi connectivity index (χ2n) is 7.05. The Balaban J connectivity index is 1.91. The van der Waals surface area contributed by atoms with Crippen LogP contribution in [-0.2, 0) is 16.4 Å². The molecule has 10 nitrogen and oxygen atoms in total. The van der Waals surface area contributed by atoms with Crippen LogP contribution in [0.2, 0.25) is 0 Å². The summed E-state index contributed by atoms with van der Waals surface area (Å²) >= 11 is 0. The summed E-state index contributed by atoms with van der Waals surface area (Å²) < 4.78 is 26.7. The van der Waals surface area contributed by atoms with E-state index in [-0.39, 0.29) is 22.2 Å². The third-order valence-corrected chi connectivity index (χ3v) is 7.18. The Hall–Kier alpha value is -3.57. The fourth-order valence-corrected chi connectivity index (χ4v) is 4.83. The molecular formula is C22H26N6O4S. The predicted octanol–water partition coefficient (Wildman–Crippen LogP) is 4.46. The molecule has 2 aromatic carbocycles. The molecule has 11 heteroatoms. The van der Waals surface area contributed by atoms with Gasteiger partial charge in [0.2, 0.25) is 21.7 Å². The van der Waals surface area contributed by atoms with Gasteiger partial charge < -0.3 is 10.6 Å². The first-order valence-electron chi connectivity index (χ1n) is 10.5. The molecule has 33 heavy (non-hydrogen) atoms. The van der Waals surface area contributed by atoms with E-state index in [4.69, 9.17) is 0 Å². The number of aryl methyl sites for hydroxylation is 1. The molecule has 0 bridgehead atoms. The average molecular weight is 471 g/mol. The second kappa shape index (κ2) is 10.4. The second-order valence-corrected chi connectivity index (χ2v) is 8.99. The highest BCUT2D eigenvalue weighted by Crippen LogP contribution is 2.34. The van der Waals surface area contributed by atoms with Gasteiger partial charge in [0, 0.05) is 24.5 Å². The van der Waals surface area contributed by atoms with Crippen LogP contribution in [0.4, 0.5) is 28.7 Å². The van der Waals surface area contributed by atoms with Crippen LogP contribution in [0.15, 0.2) is 59.8 Å². The number of para-hydroxylation sites is 1.